The minimum absolute atomic E-state index is 0.525. The van der Waals surface area contributed by atoms with E-state index in [1.165, 1.54) is 5.56 Å². The molecule has 2 aromatic rings. The zero-order chi connectivity index (χ0) is 17.6. The van der Waals surface area contributed by atoms with E-state index in [0.717, 1.165) is 44.2 Å². The molecule has 0 radical (unpaired) electrons. The maximum Gasteiger partial charge on any atom is 0.119 e. The van der Waals surface area contributed by atoms with Crippen LogP contribution in [-0.2, 0) is 6.54 Å². The van der Waals surface area contributed by atoms with E-state index < -0.39 is 0 Å². The Bertz CT molecular complexity index is 747. The smallest absolute Gasteiger partial charge is 0.119 e. The highest BCUT2D eigenvalue weighted by Crippen LogP contribution is 2.24. The highest BCUT2D eigenvalue weighted by Gasteiger charge is 2.18. The number of anilines is 1. The fourth-order valence-electron chi connectivity index (χ4n) is 3.07. The van der Waals surface area contributed by atoms with Gasteiger partial charge in [0.25, 0.3) is 0 Å². The van der Waals surface area contributed by atoms with Gasteiger partial charge in [0.15, 0.2) is 0 Å². The number of piperazine rings is 1. The summed E-state index contributed by atoms with van der Waals surface area (Å²) >= 11 is 6.15. The van der Waals surface area contributed by atoms with E-state index in [1.54, 1.807) is 6.07 Å². The number of nitrogens with zero attached hydrogens (tertiary/aromatic N) is 3. The van der Waals surface area contributed by atoms with Crippen molar-refractivity contribution in [2.24, 2.45) is 0 Å². The van der Waals surface area contributed by atoms with Gasteiger partial charge in [-0.2, -0.15) is 5.26 Å². The van der Waals surface area contributed by atoms with Gasteiger partial charge in [0.05, 0.1) is 17.2 Å². The quantitative estimate of drug-likeness (QED) is 0.814. The SMILES string of the molecule is CCOc1ccc(CN2CCN(c3ccc(C#N)c(Cl)c3)CC2)cc1. The van der Waals surface area contributed by atoms with Crippen molar-refractivity contribution < 1.29 is 4.74 Å². The summed E-state index contributed by atoms with van der Waals surface area (Å²) in [7, 11) is 0. The van der Waals surface area contributed by atoms with Crippen molar-refractivity contribution in [1.29, 1.82) is 5.26 Å². The third kappa shape index (κ3) is 4.45. The summed E-state index contributed by atoms with van der Waals surface area (Å²) in [6.07, 6.45) is 0. The van der Waals surface area contributed by atoms with Crippen LogP contribution in [0.4, 0.5) is 5.69 Å². The number of rotatable bonds is 5. The Morgan fingerprint density at radius 3 is 2.40 bits per heavy atom. The molecule has 0 N–H and O–H groups in total. The van der Waals surface area contributed by atoms with E-state index in [4.69, 9.17) is 21.6 Å². The van der Waals surface area contributed by atoms with Crippen LogP contribution in [0.25, 0.3) is 0 Å². The van der Waals surface area contributed by atoms with E-state index in [9.17, 15) is 0 Å². The first kappa shape index (κ1) is 17.6. The van der Waals surface area contributed by atoms with Gasteiger partial charge in [0, 0.05) is 38.4 Å². The van der Waals surface area contributed by atoms with Crippen LogP contribution in [0.2, 0.25) is 5.02 Å². The Labute approximate surface area is 154 Å². The average molecular weight is 356 g/mol. The number of hydrogen-bond donors (Lipinski definition) is 0. The summed E-state index contributed by atoms with van der Waals surface area (Å²) in [5, 5.41) is 9.50. The fraction of sp³-hybridized carbons (Fsp3) is 0.350. The summed E-state index contributed by atoms with van der Waals surface area (Å²) in [5.74, 6) is 0.925. The van der Waals surface area contributed by atoms with Crippen molar-refractivity contribution in [2.45, 2.75) is 13.5 Å². The molecule has 25 heavy (non-hydrogen) atoms. The van der Waals surface area contributed by atoms with E-state index in [2.05, 4.69) is 28.0 Å². The summed E-state index contributed by atoms with van der Waals surface area (Å²) in [6, 6.07) is 16.1. The summed E-state index contributed by atoms with van der Waals surface area (Å²) in [5.41, 5.74) is 2.92. The molecule has 1 saturated heterocycles. The first-order valence-corrected chi connectivity index (χ1v) is 8.96. The molecule has 0 aliphatic carbocycles. The average Bonchev–Trinajstić information content (AvgIpc) is 2.64. The van der Waals surface area contributed by atoms with Gasteiger partial charge in [-0.25, -0.2) is 0 Å². The largest absolute Gasteiger partial charge is 0.494 e. The molecular formula is C20H22ClN3O. The van der Waals surface area contributed by atoms with Gasteiger partial charge in [0.2, 0.25) is 0 Å². The topological polar surface area (TPSA) is 39.5 Å². The Morgan fingerprint density at radius 2 is 1.80 bits per heavy atom. The van der Waals surface area contributed by atoms with Gasteiger partial charge in [-0.3, -0.25) is 4.90 Å². The molecule has 1 fully saturated rings. The lowest BCUT2D eigenvalue weighted by molar-refractivity contribution is 0.249. The molecule has 3 rings (SSSR count). The first-order valence-electron chi connectivity index (χ1n) is 8.58. The van der Waals surface area contributed by atoms with Crippen LogP contribution >= 0.6 is 11.6 Å². The maximum atomic E-state index is 8.98. The molecule has 130 valence electrons. The molecule has 0 unspecified atom stereocenters. The van der Waals surface area contributed by atoms with Gasteiger partial charge in [-0.1, -0.05) is 23.7 Å². The highest BCUT2D eigenvalue weighted by molar-refractivity contribution is 6.32. The summed E-state index contributed by atoms with van der Waals surface area (Å²) < 4.78 is 5.49. The van der Waals surface area contributed by atoms with Crippen molar-refractivity contribution in [1.82, 2.24) is 4.90 Å². The monoisotopic (exact) mass is 355 g/mol. The molecule has 0 atom stereocenters. The molecule has 0 spiro atoms. The van der Waals surface area contributed by atoms with Gasteiger partial charge in [0.1, 0.15) is 11.8 Å². The lowest BCUT2D eigenvalue weighted by Crippen LogP contribution is -2.45. The molecule has 4 nitrogen and oxygen atoms in total. The number of ether oxygens (including phenoxy) is 1. The van der Waals surface area contributed by atoms with E-state index in [0.29, 0.717) is 17.2 Å². The number of halogens is 1. The Kier molecular flexibility index (Phi) is 5.80. The maximum absolute atomic E-state index is 8.98. The number of hydrogen-bond acceptors (Lipinski definition) is 4. The minimum atomic E-state index is 0.525. The van der Waals surface area contributed by atoms with Crippen LogP contribution < -0.4 is 9.64 Å². The summed E-state index contributed by atoms with van der Waals surface area (Å²) in [6.45, 7) is 7.57. The zero-order valence-corrected chi connectivity index (χ0v) is 15.2. The van der Waals surface area contributed by atoms with Crippen LogP contribution in [0.3, 0.4) is 0 Å². The van der Waals surface area contributed by atoms with Gasteiger partial charge < -0.3 is 9.64 Å². The van der Waals surface area contributed by atoms with Crippen LogP contribution in [0.5, 0.6) is 5.75 Å². The zero-order valence-electron chi connectivity index (χ0n) is 14.4. The van der Waals surface area contributed by atoms with Crippen molar-refractivity contribution >= 4 is 17.3 Å². The normalized spacial score (nSPS) is 15.0. The molecule has 0 aromatic heterocycles. The molecule has 0 bridgehead atoms. The Hall–Kier alpha value is -2.22. The lowest BCUT2D eigenvalue weighted by Gasteiger charge is -2.36. The first-order chi connectivity index (χ1) is 12.2. The third-order valence-electron chi connectivity index (χ3n) is 4.45. The van der Waals surface area contributed by atoms with Crippen LogP contribution in [0.15, 0.2) is 42.5 Å². The molecule has 1 aliphatic rings. The standard InChI is InChI=1S/C20H22ClN3O/c1-2-25-19-7-3-16(4-8-19)15-23-9-11-24(12-10-23)18-6-5-17(14-22)20(21)13-18/h3-8,13H,2,9-12,15H2,1H3. The molecule has 0 amide bonds. The Morgan fingerprint density at radius 1 is 1.08 bits per heavy atom. The third-order valence-corrected chi connectivity index (χ3v) is 4.76. The van der Waals surface area contributed by atoms with Crippen molar-refractivity contribution in [3.63, 3.8) is 0 Å². The Balaban J connectivity index is 1.55. The van der Waals surface area contributed by atoms with Crippen LogP contribution in [0, 0.1) is 11.3 Å². The second-order valence-corrected chi connectivity index (χ2v) is 6.52. The van der Waals surface area contributed by atoms with E-state index in [-0.39, 0.29) is 0 Å². The molecule has 1 heterocycles. The molecule has 1 aliphatic heterocycles. The number of nitriles is 1. The van der Waals surface area contributed by atoms with E-state index in [1.807, 2.05) is 31.2 Å². The van der Waals surface area contributed by atoms with Gasteiger partial charge in [-0.15, -0.1) is 0 Å². The van der Waals surface area contributed by atoms with Crippen molar-refractivity contribution in [3.8, 4) is 11.8 Å². The second kappa shape index (κ2) is 8.24. The highest BCUT2D eigenvalue weighted by atomic mass is 35.5. The molecule has 0 saturated carbocycles. The number of benzene rings is 2. The fourth-order valence-corrected chi connectivity index (χ4v) is 3.29. The predicted octanol–water partition coefficient (Wildman–Crippen LogP) is 3.93. The van der Waals surface area contributed by atoms with Crippen LogP contribution in [0.1, 0.15) is 18.1 Å². The van der Waals surface area contributed by atoms with Gasteiger partial charge >= 0.3 is 0 Å². The van der Waals surface area contributed by atoms with E-state index >= 15 is 0 Å². The van der Waals surface area contributed by atoms with Crippen molar-refractivity contribution in [2.75, 3.05) is 37.7 Å². The molecule has 2 aromatic carbocycles. The minimum Gasteiger partial charge on any atom is -0.494 e. The predicted molar refractivity (Wildman–Crippen MR) is 101 cm³/mol. The molecular weight excluding hydrogens is 334 g/mol. The van der Waals surface area contributed by atoms with Crippen molar-refractivity contribution in [3.05, 3.63) is 58.6 Å². The second-order valence-electron chi connectivity index (χ2n) is 6.12. The van der Waals surface area contributed by atoms with Crippen LogP contribution in [-0.4, -0.2) is 37.7 Å². The summed E-state index contributed by atoms with van der Waals surface area (Å²) in [4.78, 5) is 4.78. The molecule has 5 heteroatoms. The van der Waals surface area contributed by atoms with Gasteiger partial charge in [-0.05, 0) is 42.8 Å². The lowest BCUT2D eigenvalue weighted by atomic mass is 10.1.